The molecule has 2 aromatic carbocycles. The zero-order valence-electron chi connectivity index (χ0n) is 12.9. The Bertz CT molecular complexity index is 899. The largest absolute Gasteiger partial charge is 0.478 e. The molecule has 3 rings (SSSR count). The first-order valence-electron chi connectivity index (χ1n) is 7.32. The van der Waals surface area contributed by atoms with Crippen LogP contribution >= 0.6 is 0 Å². The molecule has 7 heteroatoms. The molecule has 2 N–H and O–H groups in total. The molecule has 0 bridgehead atoms. The zero-order valence-corrected chi connectivity index (χ0v) is 12.9. The zero-order chi connectivity index (χ0) is 17.6. The maximum Gasteiger partial charge on any atom is 0.337 e. The van der Waals surface area contributed by atoms with E-state index in [-0.39, 0.29) is 23.0 Å². The predicted octanol–water partition coefficient (Wildman–Crippen LogP) is 3.22. The van der Waals surface area contributed by atoms with Crippen molar-refractivity contribution in [3.8, 4) is 11.8 Å². The molecule has 1 amide bonds. The van der Waals surface area contributed by atoms with Crippen LogP contribution in [0.1, 0.15) is 20.7 Å². The lowest BCUT2D eigenvalue weighted by atomic mass is 10.1. The van der Waals surface area contributed by atoms with Gasteiger partial charge in [0.1, 0.15) is 5.75 Å². The normalized spacial score (nSPS) is 10.1. The molecule has 0 atom stereocenters. The number of hydrogen-bond acceptors (Lipinski definition) is 5. The molecule has 1 heterocycles. The Labute approximate surface area is 142 Å². The predicted molar refractivity (Wildman–Crippen MR) is 89.9 cm³/mol. The minimum atomic E-state index is -1.19. The average molecular weight is 335 g/mol. The van der Waals surface area contributed by atoms with Crippen molar-refractivity contribution in [2.45, 2.75) is 0 Å². The van der Waals surface area contributed by atoms with Crippen molar-refractivity contribution in [2.24, 2.45) is 0 Å². The molecular formula is C18H13N3O4. The fourth-order valence-electron chi connectivity index (χ4n) is 2.10. The van der Waals surface area contributed by atoms with Crippen LogP contribution in [0.25, 0.3) is 0 Å². The minimum Gasteiger partial charge on any atom is -0.478 e. The number of carboxylic acids is 1. The molecule has 0 unspecified atom stereocenters. The molecule has 0 spiro atoms. The monoisotopic (exact) mass is 335 g/mol. The quantitative estimate of drug-likeness (QED) is 0.742. The van der Waals surface area contributed by atoms with Crippen LogP contribution < -0.4 is 10.1 Å². The molecule has 7 nitrogen and oxygen atoms in total. The summed E-state index contributed by atoms with van der Waals surface area (Å²) in [7, 11) is 0. The van der Waals surface area contributed by atoms with Crippen molar-refractivity contribution >= 4 is 17.6 Å². The number of nitrogens with one attached hydrogen (secondary N) is 1. The minimum absolute atomic E-state index is 0.0971. The third-order valence-electron chi connectivity index (χ3n) is 3.26. The van der Waals surface area contributed by atoms with E-state index in [1.807, 2.05) is 0 Å². The highest BCUT2D eigenvalue weighted by Gasteiger charge is 2.15. The van der Waals surface area contributed by atoms with E-state index in [1.54, 1.807) is 36.4 Å². The number of amides is 1. The average Bonchev–Trinajstić information content (AvgIpc) is 2.64. The number of aromatic carboxylic acids is 1. The van der Waals surface area contributed by atoms with Crippen LogP contribution in [-0.2, 0) is 0 Å². The number of benzene rings is 2. The summed E-state index contributed by atoms with van der Waals surface area (Å²) >= 11 is 0. The Morgan fingerprint density at radius 3 is 2.36 bits per heavy atom. The Balaban J connectivity index is 1.85. The fraction of sp³-hybridized carbons (Fsp3) is 0. The molecule has 124 valence electrons. The van der Waals surface area contributed by atoms with Gasteiger partial charge in [0, 0.05) is 18.0 Å². The van der Waals surface area contributed by atoms with Crippen LogP contribution in [0.2, 0.25) is 0 Å². The van der Waals surface area contributed by atoms with E-state index >= 15 is 0 Å². The molecule has 0 radical (unpaired) electrons. The third-order valence-corrected chi connectivity index (χ3v) is 3.26. The molecule has 3 aromatic rings. The number of hydrogen-bond donors (Lipinski definition) is 2. The van der Waals surface area contributed by atoms with Crippen molar-refractivity contribution in [3.05, 3.63) is 78.1 Å². The third kappa shape index (κ3) is 3.97. The van der Waals surface area contributed by atoms with E-state index in [0.29, 0.717) is 5.56 Å². The van der Waals surface area contributed by atoms with E-state index in [1.165, 1.54) is 30.6 Å². The number of aromatic nitrogens is 2. The van der Waals surface area contributed by atoms with Crippen molar-refractivity contribution in [2.75, 3.05) is 5.32 Å². The number of nitrogens with zero attached hydrogens (tertiary/aromatic N) is 2. The fourth-order valence-corrected chi connectivity index (χ4v) is 2.10. The lowest BCUT2D eigenvalue weighted by Crippen LogP contribution is -2.14. The molecule has 0 saturated heterocycles. The van der Waals surface area contributed by atoms with E-state index in [2.05, 4.69) is 15.3 Å². The van der Waals surface area contributed by atoms with Crippen molar-refractivity contribution < 1.29 is 19.4 Å². The molecule has 0 aliphatic heterocycles. The van der Waals surface area contributed by atoms with Crippen molar-refractivity contribution in [1.82, 2.24) is 9.97 Å². The first-order chi connectivity index (χ1) is 12.1. The van der Waals surface area contributed by atoms with Gasteiger partial charge < -0.3 is 15.2 Å². The smallest absolute Gasteiger partial charge is 0.337 e. The van der Waals surface area contributed by atoms with Crippen LogP contribution in [-0.4, -0.2) is 27.0 Å². The second-order valence-electron chi connectivity index (χ2n) is 4.97. The summed E-state index contributed by atoms with van der Waals surface area (Å²) in [6, 6.07) is 14.5. The van der Waals surface area contributed by atoms with E-state index in [4.69, 9.17) is 4.74 Å². The van der Waals surface area contributed by atoms with E-state index < -0.39 is 11.9 Å². The van der Waals surface area contributed by atoms with Gasteiger partial charge in [-0.25, -0.2) is 14.8 Å². The van der Waals surface area contributed by atoms with Gasteiger partial charge in [-0.3, -0.25) is 4.79 Å². The van der Waals surface area contributed by atoms with E-state index in [0.717, 1.165) is 0 Å². The summed E-state index contributed by atoms with van der Waals surface area (Å²) in [5, 5.41) is 12.0. The highest BCUT2D eigenvalue weighted by molar-refractivity contribution is 6.07. The maximum absolute atomic E-state index is 12.2. The molecule has 25 heavy (non-hydrogen) atoms. The lowest BCUT2D eigenvalue weighted by Gasteiger charge is -2.10. The van der Waals surface area contributed by atoms with Gasteiger partial charge in [0.15, 0.2) is 0 Å². The Kier molecular flexibility index (Phi) is 4.66. The molecule has 0 saturated carbocycles. The summed E-state index contributed by atoms with van der Waals surface area (Å²) in [6.07, 6.45) is 3.02. The van der Waals surface area contributed by atoms with Gasteiger partial charge in [0.2, 0.25) is 0 Å². The van der Waals surface area contributed by atoms with Gasteiger partial charge >= 0.3 is 12.0 Å². The molecule has 0 aliphatic rings. The van der Waals surface area contributed by atoms with Crippen LogP contribution in [0.4, 0.5) is 5.69 Å². The summed E-state index contributed by atoms with van der Waals surface area (Å²) in [4.78, 5) is 31.5. The van der Waals surface area contributed by atoms with Crippen molar-refractivity contribution in [3.63, 3.8) is 0 Å². The molecule has 1 aromatic heterocycles. The van der Waals surface area contributed by atoms with Crippen LogP contribution in [0.5, 0.6) is 11.8 Å². The number of carbonyl (C=O) groups is 2. The number of carboxylic acid groups (broad SMARTS) is 1. The summed E-state index contributed by atoms with van der Waals surface area (Å²) in [5.41, 5.74) is 0.497. The Morgan fingerprint density at radius 1 is 0.960 bits per heavy atom. The molecule has 0 fully saturated rings. The number of rotatable bonds is 5. The van der Waals surface area contributed by atoms with Gasteiger partial charge in [-0.15, -0.1) is 0 Å². The van der Waals surface area contributed by atoms with Gasteiger partial charge in [0.25, 0.3) is 5.91 Å². The van der Waals surface area contributed by atoms with Gasteiger partial charge in [-0.05, 0) is 36.4 Å². The summed E-state index contributed by atoms with van der Waals surface area (Å²) in [6.45, 7) is 0. The Morgan fingerprint density at radius 2 is 1.68 bits per heavy atom. The molecular weight excluding hydrogens is 322 g/mol. The summed E-state index contributed by atoms with van der Waals surface area (Å²) < 4.78 is 5.42. The maximum atomic E-state index is 12.2. The van der Waals surface area contributed by atoms with E-state index in [9.17, 15) is 14.7 Å². The number of carbonyl (C=O) groups excluding carboxylic acids is 1. The second-order valence-corrected chi connectivity index (χ2v) is 4.97. The highest BCUT2D eigenvalue weighted by Crippen LogP contribution is 2.25. The highest BCUT2D eigenvalue weighted by atomic mass is 16.5. The standard InChI is InChI=1S/C18H13N3O4/c22-16(12-5-2-1-3-6-12)21-15-8-7-13(11-14(15)17(23)24)25-18-19-9-4-10-20-18/h1-11H,(H,21,22)(H,23,24). The van der Waals surface area contributed by atoms with Gasteiger partial charge in [-0.2, -0.15) is 0 Å². The van der Waals surface area contributed by atoms with Gasteiger partial charge in [0.05, 0.1) is 11.3 Å². The van der Waals surface area contributed by atoms with Crippen LogP contribution in [0, 0.1) is 0 Å². The van der Waals surface area contributed by atoms with Gasteiger partial charge in [-0.1, -0.05) is 18.2 Å². The first kappa shape index (κ1) is 16.1. The Hall–Kier alpha value is -3.74. The first-order valence-corrected chi connectivity index (χ1v) is 7.32. The van der Waals surface area contributed by atoms with Crippen molar-refractivity contribution in [1.29, 1.82) is 0 Å². The lowest BCUT2D eigenvalue weighted by molar-refractivity contribution is 0.0697. The summed E-state index contributed by atoms with van der Waals surface area (Å²) in [5.74, 6) is -1.34. The topological polar surface area (TPSA) is 101 Å². The van der Waals surface area contributed by atoms with Crippen LogP contribution in [0.3, 0.4) is 0 Å². The SMILES string of the molecule is O=C(Nc1ccc(Oc2ncccn2)cc1C(=O)O)c1ccccc1. The number of ether oxygens (including phenoxy) is 1. The van der Waals surface area contributed by atoms with Crippen LogP contribution in [0.15, 0.2) is 67.0 Å². The number of anilines is 1. The second kappa shape index (κ2) is 7.22. The molecule has 0 aliphatic carbocycles.